The van der Waals surface area contributed by atoms with Crippen LogP contribution in [0.1, 0.15) is 6.42 Å². The molecule has 2 bridgehead atoms. The molecule has 3 aliphatic rings. The number of non-ortho nitro benzene ring substituents is 1. The molecule has 0 radical (unpaired) electrons. The number of carbonyl (C=O) groups excluding carboxylic acids is 2. The number of amides is 2. The molecular weight excluding hydrogens is 272 g/mol. The van der Waals surface area contributed by atoms with Crippen molar-refractivity contribution < 1.29 is 14.5 Å². The van der Waals surface area contributed by atoms with Gasteiger partial charge in [-0.25, -0.2) is 0 Å². The van der Waals surface area contributed by atoms with Gasteiger partial charge in [0.15, 0.2) is 0 Å². The third-order valence-electron chi connectivity index (χ3n) is 4.79. The molecule has 0 spiro atoms. The summed E-state index contributed by atoms with van der Waals surface area (Å²) in [5.41, 5.74) is 0.365. The second-order valence-corrected chi connectivity index (χ2v) is 5.79. The minimum atomic E-state index is -0.504. The molecule has 6 heteroatoms. The van der Waals surface area contributed by atoms with Crippen molar-refractivity contribution in [2.24, 2.45) is 23.7 Å². The lowest BCUT2D eigenvalue weighted by molar-refractivity contribution is -0.384. The number of nitro groups is 1. The first-order valence-electron chi connectivity index (χ1n) is 6.88. The minimum Gasteiger partial charge on any atom is -0.274 e. The van der Waals surface area contributed by atoms with Gasteiger partial charge in [-0.2, -0.15) is 0 Å². The van der Waals surface area contributed by atoms with Gasteiger partial charge < -0.3 is 0 Å². The molecule has 0 unspecified atom stereocenters. The molecule has 1 saturated carbocycles. The predicted molar refractivity (Wildman–Crippen MR) is 73.3 cm³/mol. The van der Waals surface area contributed by atoms with Crippen LogP contribution in [-0.4, -0.2) is 16.7 Å². The average molecular weight is 284 g/mol. The van der Waals surface area contributed by atoms with Gasteiger partial charge in [-0.05, 0) is 30.4 Å². The monoisotopic (exact) mass is 284 g/mol. The summed E-state index contributed by atoms with van der Waals surface area (Å²) < 4.78 is 0. The number of hydrogen-bond donors (Lipinski definition) is 0. The van der Waals surface area contributed by atoms with E-state index in [-0.39, 0.29) is 41.2 Å². The second-order valence-electron chi connectivity index (χ2n) is 5.79. The number of allylic oxidation sites excluding steroid dienone is 2. The van der Waals surface area contributed by atoms with E-state index in [2.05, 4.69) is 0 Å². The normalized spacial score (nSPS) is 32.9. The fourth-order valence-electron chi connectivity index (χ4n) is 3.88. The molecule has 1 aromatic carbocycles. The zero-order valence-electron chi connectivity index (χ0n) is 11.0. The highest BCUT2D eigenvalue weighted by Gasteiger charge is 2.59. The van der Waals surface area contributed by atoms with Gasteiger partial charge >= 0.3 is 0 Å². The molecule has 0 aromatic heterocycles. The van der Waals surface area contributed by atoms with Crippen LogP contribution in [0.25, 0.3) is 0 Å². The highest BCUT2D eigenvalue weighted by atomic mass is 16.6. The molecule has 2 amide bonds. The zero-order chi connectivity index (χ0) is 14.7. The molecule has 1 heterocycles. The van der Waals surface area contributed by atoms with Crippen molar-refractivity contribution in [2.75, 3.05) is 4.90 Å². The van der Waals surface area contributed by atoms with Crippen molar-refractivity contribution in [3.8, 4) is 0 Å². The van der Waals surface area contributed by atoms with E-state index in [0.717, 1.165) is 6.42 Å². The molecule has 21 heavy (non-hydrogen) atoms. The van der Waals surface area contributed by atoms with Gasteiger partial charge in [-0.3, -0.25) is 24.6 Å². The van der Waals surface area contributed by atoms with Gasteiger partial charge in [-0.15, -0.1) is 0 Å². The number of fused-ring (bicyclic) bond motifs is 5. The fourth-order valence-corrected chi connectivity index (χ4v) is 3.88. The lowest BCUT2D eigenvalue weighted by atomic mass is 9.85. The third-order valence-corrected chi connectivity index (χ3v) is 4.79. The van der Waals surface area contributed by atoms with E-state index in [1.807, 2.05) is 12.2 Å². The maximum Gasteiger partial charge on any atom is 0.269 e. The largest absolute Gasteiger partial charge is 0.274 e. The average Bonchev–Trinajstić information content (AvgIpc) is 3.13. The van der Waals surface area contributed by atoms with Crippen LogP contribution in [-0.2, 0) is 9.59 Å². The highest BCUT2D eigenvalue weighted by molar-refractivity contribution is 6.22. The number of benzene rings is 1. The van der Waals surface area contributed by atoms with Gasteiger partial charge in [0, 0.05) is 12.1 Å². The summed E-state index contributed by atoms with van der Waals surface area (Å²) in [5.74, 6) is -0.504. The topological polar surface area (TPSA) is 80.5 Å². The van der Waals surface area contributed by atoms with Crippen molar-refractivity contribution in [2.45, 2.75) is 6.42 Å². The molecule has 1 aromatic rings. The Hall–Kier alpha value is -2.50. The molecule has 106 valence electrons. The Bertz CT molecular complexity index is 664. The number of nitrogens with zero attached hydrogens (tertiary/aromatic N) is 2. The van der Waals surface area contributed by atoms with Crippen LogP contribution in [0.5, 0.6) is 0 Å². The van der Waals surface area contributed by atoms with E-state index in [1.165, 1.54) is 29.2 Å². The van der Waals surface area contributed by atoms with Crippen LogP contribution in [0.2, 0.25) is 0 Å². The Morgan fingerprint density at radius 1 is 1.00 bits per heavy atom. The number of carbonyl (C=O) groups is 2. The Kier molecular flexibility index (Phi) is 2.34. The van der Waals surface area contributed by atoms with Crippen LogP contribution >= 0.6 is 0 Å². The van der Waals surface area contributed by atoms with Gasteiger partial charge in [0.1, 0.15) is 0 Å². The van der Waals surface area contributed by atoms with Gasteiger partial charge in [0.2, 0.25) is 11.8 Å². The number of imide groups is 1. The summed E-state index contributed by atoms with van der Waals surface area (Å²) >= 11 is 0. The maximum atomic E-state index is 12.5. The molecule has 0 N–H and O–H groups in total. The molecule has 4 atom stereocenters. The van der Waals surface area contributed by atoms with Crippen LogP contribution < -0.4 is 4.90 Å². The van der Waals surface area contributed by atoms with Crippen molar-refractivity contribution >= 4 is 23.2 Å². The van der Waals surface area contributed by atoms with E-state index >= 15 is 0 Å². The molecule has 6 nitrogen and oxygen atoms in total. The van der Waals surface area contributed by atoms with E-state index in [0.29, 0.717) is 5.69 Å². The third kappa shape index (κ3) is 1.53. The van der Waals surface area contributed by atoms with Gasteiger partial charge in [-0.1, -0.05) is 12.2 Å². The van der Waals surface area contributed by atoms with Crippen LogP contribution in [0.3, 0.4) is 0 Å². The molecule has 1 aliphatic heterocycles. The van der Waals surface area contributed by atoms with E-state index in [1.54, 1.807) is 0 Å². The van der Waals surface area contributed by atoms with Crippen molar-refractivity contribution in [3.63, 3.8) is 0 Å². The Labute approximate surface area is 120 Å². The quantitative estimate of drug-likeness (QED) is 0.359. The zero-order valence-corrected chi connectivity index (χ0v) is 11.0. The lowest BCUT2D eigenvalue weighted by Gasteiger charge is -2.16. The lowest BCUT2D eigenvalue weighted by Crippen LogP contribution is -2.32. The minimum absolute atomic E-state index is 0.0558. The highest BCUT2D eigenvalue weighted by Crippen LogP contribution is 2.53. The summed E-state index contributed by atoms with van der Waals surface area (Å²) in [6.07, 6.45) is 4.97. The number of anilines is 1. The SMILES string of the molecule is O=C1[C@@H]2[C@@H](C(=O)N1c1ccc([N+](=O)[O-])cc1)[C@H]1C=C[C@@H]2C1. The summed E-state index contributed by atoms with van der Waals surface area (Å²) in [7, 11) is 0. The summed E-state index contributed by atoms with van der Waals surface area (Å²) in [5, 5.41) is 10.7. The van der Waals surface area contributed by atoms with Gasteiger partial charge in [0.25, 0.3) is 5.69 Å². The first kappa shape index (κ1) is 12.3. The van der Waals surface area contributed by atoms with Crippen LogP contribution in [0.4, 0.5) is 11.4 Å². The maximum absolute atomic E-state index is 12.5. The van der Waals surface area contributed by atoms with Gasteiger partial charge in [0.05, 0.1) is 22.4 Å². The Balaban J connectivity index is 1.69. The van der Waals surface area contributed by atoms with Crippen molar-refractivity contribution in [1.82, 2.24) is 0 Å². The van der Waals surface area contributed by atoms with E-state index in [9.17, 15) is 19.7 Å². The van der Waals surface area contributed by atoms with Crippen LogP contribution in [0, 0.1) is 33.8 Å². The number of hydrogen-bond acceptors (Lipinski definition) is 4. The summed E-state index contributed by atoms with van der Waals surface area (Å²) in [4.78, 5) is 36.4. The first-order chi connectivity index (χ1) is 10.1. The molecule has 2 aliphatic carbocycles. The Morgan fingerprint density at radius 3 is 2.00 bits per heavy atom. The molecule has 1 saturated heterocycles. The molecular formula is C15H12N2O4. The molecule has 4 rings (SSSR count). The molecule has 2 fully saturated rings. The summed E-state index contributed by atoms with van der Waals surface area (Å²) in [6, 6.07) is 5.56. The first-order valence-corrected chi connectivity index (χ1v) is 6.88. The number of rotatable bonds is 2. The van der Waals surface area contributed by atoms with E-state index in [4.69, 9.17) is 0 Å². The fraction of sp³-hybridized carbons (Fsp3) is 0.333. The Morgan fingerprint density at radius 2 is 1.52 bits per heavy atom. The summed E-state index contributed by atoms with van der Waals surface area (Å²) in [6.45, 7) is 0. The smallest absolute Gasteiger partial charge is 0.269 e. The number of nitro benzene ring substituents is 1. The predicted octanol–water partition coefficient (Wildman–Crippen LogP) is 1.91. The second kappa shape index (κ2) is 4.00. The van der Waals surface area contributed by atoms with E-state index < -0.39 is 4.92 Å². The standard InChI is InChI=1S/C15H12N2O4/c18-14-12-8-1-2-9(7-8)13(12)15(19)16(14)10-3-5-11(6-4-10)17(20)21/h1-6,8-9,12-13H,7H2/t8-,9+,12-,13-/m0/s1. The van der Waals surface area contributed by atoms with Crippen LogP contribution in [0.15, 0.2) is 36.4 Å². The van der Waals surface area contributed by atoms with Crippen molar-refractivity contribution in [3.05, 3.63) is 46.5 Å². The van der Waals surface area contributed by atoms with Crippen molar-refractivity contribution in [1.29, 1.82) is 0 Å².